The number of amides is 1. The molecule has 7 heteroatoms. The predicted octanol–water partition coefficient (Wildman–Crippen LogP) is 4.23. The number of aryl methyl sites for hydroxylation is 1. The van der Waals surface area contributed by atoms with Gasteiger partial charge in [-0.15, -0.1) is 10.2 Å². The highest BCUT2D eigenvalue weighted by atomic mass is 16.4. The zero-order valence-corrected chi connectivity index (χ0v) is 17.1. The number of rotatable bonds is 7. The summed E-state index contributed by atoms with van der Waals surface area (Å²) in [7, 11) is 0. The van der Waals surface area contributed by atoms with Crippen molar-refractivity contribution in [1.82, 2.24) is 24.9 Å². The molecule has 0 saturated carbocycles. The van der Waals surface area contributed by atoms with Gasteiger partial charge in [0.1, 0.15) is 5.69 Å². The maximum Gasteiger partial charge on any atom is 0.268 e. The van der Waals surface area contributed by atoms with E-state index < -0.39 is 0 Å². The van der Waals surface area contributed by atoms with E-state index in [1.165, 1.54) is 0 Å². The monoisotopic (exact) mass is 381 g/mol. The first-order valence-electron chi connectivity index (χ1n) is 9.74. The zero-order chi connectivity index (χ0) is 20.3. The molecular weight excluding hydrogens is 354 g/mol. The van der Waals surface area contributed by atoms with Gasteiger partial charge in [-0.3, -0.25) is 4.79 Å². The Kier molecular flexibility index (Phi) is 5.92. The molecule has 3 aromatic rings. The first-order valence-corrected chi connectivity index (χ1v) is 9.74. The van der Waals surface area contributed by atoms with Crippen LogP contribution < -0.4 is 0 Å². The lowest BCUT2D eigenvalue weighted by atomic mass is 10.1. The van der Waals surface area contributed by atoms with Gasteiger partial charge >= 0.3 is 0 Å². The highest BCUT2D eigenvalue weighted by Crippen LogP contribution is 2.25. The second kappa shape index (κ2) is 8.37. The van der Waals surface area contributed by atoms with Crippen molar-refractivity contribution in [1.29, 1.82) is 0 Å². The van der Waals surface area contributed by atoms with E-state index in [2.05, 4.69) is 36.1 Å². The molecule has 1 amide bonds. The predicted molar refractivity (Wildman–Crippen MR) is 108 cm³/mol. The number of benzene rings is 1. The Morgan fingerprint density at radius 1 is 1.18 bits per heavy atom. The van der Waals surface area contributed by atoms with Crippen LogP contribution >= 0.6 is 0 Å². The van der Waals surface area contributed by atoms with Gasteiger partial charge in [0.05, 0.1) is 5.69 Å². The summed E-state index contributed by atoms with van der Waals surface area (Å²) in [6.07, 6.45) is 0.945. The summed E-state index contributed by atoms with van der Waals surface area (Å²) in [5, 5.41) is 12.6. The Morgan fingerprint density at radius 3 is 2.43 bits per heavy atom. The lowest BCUT2D eigenvalue weighted by Gasteiger charge is -2.20. The number of carbonyl (C=O) groups excluding carboxylic acids is 1. The van der Waals surface area contributed by atoms with E-state index in [1.54, 1.807) is 6.92 Å². The fraction of sp³-hybridized carbons (Fsp3) is 0.429. The third kappa shape index (κ3) is 3.98. The lowest BCUT2D eigenvalue weighted by Crippen LogP contribution is -2.31. The van der Waals surface area contributed by atoms with Crippen molar-refractivity contribution in [2.45, 2.75) is 47.0 Å². The van der Waals surface area contributed by atoms with Gasteiger partial charge < -0.3 is 9.32 Å². The van der Waals surface area contributed by atoms with Crippen LogP contribution in [0.1, 0.15) is 62.0 Å². The van der Waals surface area contributed by atoms with Crippen LogP contribution in [0, 0.1) is 6.92 Å². The first-order chi connectivity index (χ1) is 13.4. The lowest BCUT2D eigenvalue weighted by molar-refractivity contribution is 0.0764. The molecule has 2 aromatic heterocycles. The first kappa shape index (κ1) is 19.8. The number of hydrogen-bond donors (Lipinski definition) is 0. The average Bonchev–Trinajstić information content (AvgIpc) is 3.32. The van der Waals surface area contributed by atoms with Crippen molar-refractivity contribution in [2.75, 3.05) is 13.1 Å². The second-order valence-electron chi connectivity index (χ2n) is 7.08. The molecule has 0 unspecified atom stereocenters. The van der Waals surface area contributed by atoms with E-state index in [0.29, 0.717) is 29.6 Å². The Balaban J connectivity index is 1.93. The van der Waals surface area contributed by atoms with Crippen LogP contribution in [-0.2, 0) is 0 Å². The van der Waals surface area contributed by atoms with Gasteiger partial charge in [-0.1, -0.05) is 20.8 Å². The Bertz CT molecular complexity index is 940. The van der Waals surface area contributed by atoms with E-state index in [9.17, 15) is 4.79 Å². The molecule has 0 saturated heterocycles. The fourth-order valence-electron chi connectivity index (χ4n) is 3.12. The summed E-state index contributed by atoms with van der Waals surface area (Å²) in [6.45, 7) is 11.5. The summed E-state index contributed by atoms with van der Waals surface area (Å²) in [6, 6.07) is 9.54. The molecular formula is C21H27N5O2. The van der Waals surface area contributed by atoms with Gasteiger partial charge in [-0.25, -0.2) is 4.68 Å². The molecule has 3 rings (SSSR count). The van der Waals surface area contributed by atoms with Gasteiger partial charge in [-0.05, 0) is 49.6 Å². The summed E-state index contributed by atoms with van der Waals surface area (Å²) in [5.41, 5.74) is 3.25. The van der Waals surface area contributed by atoms with Gasteiger partial charge in [-0.2, -0.15) is 5.10 Å². The van der Waals surface area contributed by atoms with E-state index in [1.807, 2.05) is 46.8 Å². The molecule has 0 aliphatic carbocycles. The molecule has 0 radical (unpaired) electrons. The van der Waals surface area contributed by atoms with Crippen molar-refractivity contribution in [2.24, 2.45) is 0 Å². The van der Waals surface area contributed by atoms with Gasteiger partial charge in [0.25, 0.3) is 11.8 Å². The summed E-state index contributed by atoms with van der Waals surface area (Å²) >= 11 is 0. The minimum Gasteiger partial charge on any atom is -0.420 e. The Hall–Kier alpha value is -2.96. The van der Waals surface area contributed by atoms with Crippen molar-refractivity contribution < 1.29 is 9.21 Å². The Morgan fingerprint density at radius 2 is 1.89 bits per heavy atom. The van der Waals surface area contributed by atoms with Gasteiger partial charge in [0, 0.05) is 31.3 Å². The van der Waals surface area contributed by atoms with Crippen LogP contribution in [0.15, 0.2) is 34.7 Å². The zero-order valence-electron chi connectivity index (χ0n) is 17.1. The smallest absolute Gasteiger partial charge is 0.268 e. The van der Waals surface area contributed by atoms with E-state index >= 15 is 0 Å². The maximum atomic E-state index is 12.7. The summed E-state index contributed by atoms with van der Waals surface area (Å²) in [5.74, 6) is 1.23. The molecule has 0 atom stereocenters. The van der Waals surface area contributed by atoms with E-state index in [-0.39, 0.29) is 11.8 Å². The number of aromatic nitrogens is 4. The topological polar surface area (TPSA) is 77.1 Å². The van der Waals surface area contributed by atoms with E-state index in [0.717, 1.165) is 24.3 Å². The van der Waals surface area contributed by atoms with Crippen LogP contribution in [0.25, 0.3) is 17.3 Å². The Labute approximate surface area is 165 Å². The molecule has 0 fully saturated rings. The van der Waals surface area contributed by atoms with Gasteiger partial charge in [0.15, 0.2) is 0 Å². The minimum atomic E-state index is 0.0578. The van der Waals surface area contributed by atoms with Crippen LogP contribution in [-0.4, -0.2) is 43.9 Å². The normalized spacial score (nSPS) is 11.2. The number of nitrogens with zero attached hydrogens (tertiary/aromatic N) is 5. The molecule has 0 spiro atoms. The molecule has 0 N–H and O–H groups in total. The van der Waals surface area contributed by atoms with Gasteiger partial charge in [0.2, 0.25) is 5.89 Å². The minimum absolute atomic E-state index is 0.0578. The third-order valence-corrected chi connectivity index (χ3v) is 4.59. The van der Waals surface area contributed by atoms with Crippen molar-refractivity contribution in [3.63, 3.8) is 0 Å². The highest BCUT2D eigenvalue weighted by molar-refractivity contribution is 5.94. The maximum absolute atomic E-state index is 12.7. The molecule has 148 valence electrons. The largest absolute Gasteiger partial charge is 0.420 e. The second-order valence-corrected chi connectivity index (χ2v) is 7.08. The quantitative estimate of drug-likeness (QED) is 0.612. The SMILES string of the molecule is CCCN(CC)C(=O)c1ccc(-n2nc(-c3nnc(C)o3)cc2C(C)C)cc1. The van der Waals surface area contributed by atoms with Crippen molar-refractivity contribution in [3.05, 3.63) is 47.5 Å². The van der Waals surface area contributed by atoms with Crippen LogP contribution in [0.4, 0.5) is 0 Å². The van der Waals surface area contributed by atoms with Crippen molar-refractivity contribution >= 4 is 5.91 Å². The summed E-state index contributed by atoms with van der Waals surface area (Å²) in [4.78, 5) is 14.5. The molecule has 28 heavy (non-hydrogen) atoms. The molecule has 1 aromatic carbocycles. The van der Waals surface area contributed by atoms with Crippen LogP contribution in [0.3, 0.4) is 0 Å². The summed E-state index contributed by atoms with van der Waals surface area (Å²) < 4.78 is 7.39. The molecule has 2 heterocycles. The molecule has 0 aliphatic rings. The standard InChI is InChI=1S/C21H27N5O2/c1-6-12-25(7-2)21(27)16-8-10-17(11-9-16)26-19(14(3)4)13-18(24-26)20-23-22-15(5)28-20/h8-11,13-14H,6-7,12H2,1-5H3. The molecule has 0 bridgehead atoms. The fourth-order valence-corrected chi connectivity index (χ4v) is 3.12. The molecule has 0 aliphatic heterocycles. The number of carbonyl (C=O) groups is 1. The average molecular weight is 381 g/mol. The van der Waals surface area contributed by atoms with Crippen molar-refractivity contribution in [3.8, 4) is 17.3 Å². The third-order valence-electron chi connectivity index (χ3n) is 4.59. The van der Waals surface area contributed by atoms with Crippen LogP contribution in [0.5, 0.6) is 0 Å². The van der Waals surface area contributed by atoms with Crippen LogP contribution in [0.2, 0.25) is 0 Å². The number of hydrogen-bond acceptors (Lipinski definition) is 5. The highest BCUT2D eigenvalue weighted by Gasteiger charge is 2.18. The molecule has 7 nitrogen and oxygen atoms in total. The van der Waals surface area contributed by atoms with E-state index in [4.69, 9.17) is 4.42 Å².